The van der Waals surface area contributed by atoms with E-state index in [-0.39, 0.29) is 0 Å². The van der Waals surface area contributed by atoms with Crippen LogP contribution in [0.2, 0.25) is 0 Å². The summed E-state index contributed by atoms with van der Waals surface area (Å²) >= 11 is 0. The zero-order valence-corrected chi connectivity index (χ0v) is 14.5. The third-order valence-corrected chi connectivity index (χ3v) is 4.35. The molecular formula is C20H22FNO3. The molecule has 0 atom stereocenters. The van der Waals surface area contributed by atoms with Crippen LogP contribution in [0, 0.1) is 13.8 Å². The van der Waals surface area contributed by atoms with E-state index in [0.717, 1.165) is 29.7 Å². The molecule has 1 aliphatic rings. The first-order chi connectivity index (χ1) is 12.1. The summed E-state index contributed by atoms with van der Waals surface area (Å²) in [5.41, 5.74) is 4.94. The fraction of sp³-hybridized carbons (Fsp3) is 0.350. The number of nitrogens with one attached hydrogen (secondary N) is 1. The summed E-state index contributed by atoms with van der Waals surface area (Å²) in [5.74, 6) is 1.31. The first-order valence-electron chi connectivity index (χ1n) is 8.40. The van der Waals surface area contributed by atoms with Crippen molar-refractivity contribution in [3.8, 4) is 5.75 Å². The maximum atomic E-state index is 12.2. The summed E-state index contributed by atoms with van der Waals surface area (Å²) in [6, 6.07) is 11.8. The molecule has 0 unspecified atom stereocenters. The van der Waals surface area contributed by atoms with E-state index >= 15 is 0 Å². The topological polar surface area (TPSA) is 47.6 Å². The molecule has 2 aromatic rings. The Morgan fingerprint density at radius 2 is 2.04 bits per heavy atom. The quantitative estimate of drug-likeness (QED) is 0.781. The second-order valence-corrected chi connectivity index (χ2v) is 6.37. The number of carbonyl (C=O) groups is 1. The summed E-state index contributed by atoms with van der Waals surface area (Å²) in [6.07, 6.45) is 1.47. The van der Waals surface area contributed by atoms with Crippen molar-refractivity contribution in [3.05, 3.63) is 58.7 Å². The predicted molar refractivity (Wildman–Crippen MR) is 94.7 cm³/mol. The van der Waals surface area contributed by atoms with Crippen molar-refractivity contribution in [2.45, 2.75) is 39.2 Å². The lowest BCUT2D eigenvalue weighted by Gasteiger charge is -2.17. The third-order valence-electron chi connectivity index (χ3n) is 4.35. The van der Waals surface area contributed by atoms with Gasteiger partial charge in [0.1, 0.15) is 12.4 Å². The lowest BCUT2D eigenvalue weighted by molar-refractivity contribution is 0.111. The van der Waals surface area contributed by atoms with Crippen molar-refractivity contribution >= 4 is 11.8 Å². The number of hydrogen-bond acceptors (Lipinski definition) is 3. The van der Waals surface area contributed by atoms with E-state index in [1.165, 1.54) is 11.1 Å². The number of halogens is 1. The molecule has 0 aromatic heterocycles. The number of carbonyl (C=O) groups excluding carboxylic acids is 1. The molecule has 25 heavy (non-hydrogen) atoms. The fourth-order valence-electron chi connectivity index (χ4n) is 2.97. The van der Waals surface area contributed by atoms with Crippen LogP contribution in [0.25, 0.3) is 0 Å². The summed E-state index contributed by atoms with van der Waals surface area (Å²) in [6.45, 7) is 3.23. The first kappa shape index (κ1) is 17.3. The van der Waals surface area contributed by atoms with Gasteiger partial charge in [-0.25, -0.2) is 9.18 Å². The number of aryl methyl sites for hydroxylation is 2. The van der Waals surface area contributed by atoms with Gasteiger partial charge < -0.3 is 9.47 Å². The molecule has 132 valence electrons. The zero-order valence-electron chi connectivity index (χ0n) is 14.5. The number of anilines is 1. The Morgan fingerprint density at radius 3 is 2.72 bits per heavy atom. The Morgan fingerprint density at radius 1 is 1.24 bits per heavy atom. The van der Waals surface area contributed by atoms with Crippen molar-refractivity contribution in [1.29, 1.82) is 0 Å². The van der Waals surface area contributed by atoms with E-state index in [0.29, 0.717) is 18.2 Å². The molecule has 0 radical (unpaired) electrons. The van der Waals surface area contributed by atoms with Crippen LogP contribution in [-0.4, -0.2) is 13.0 Å². The number of alkyl halides is 1. The summed E-state index contributed by atoms with van der Waals surface area (Å²) in [4.78, 5) is 11.6. The Kier molecular flexibility index (Phi) is 5.22. The molecule has 0 aliphatic heterocycles. The van der Waals surface area contributed by atoms with E-state index < -0.39 is 13.0 Å². The standard InChI is InChI=1S/C20H22FNO3/c1-13-6-9-19(14(2)10-13)24-11-17-16(15-7-8-15)4-3-5-18(17)22-20(23)25-12-21/h3-6,9-10,15H,7-8,11-12H2,1-2H3,(H,22,23). The van der Waals surface area contributed by atoms with Gasteiger partial charge in [-0.05, 0) is 55.9 Å². The second-order valence-electron chi connectivity index (χ2n) is 6.37. The van der Waals surface area contributed by atoms with Crippen LogP contribution < -0.4 is 10.1 Å². The molecule has 3 rings (SSSR count). The van der Waals surface area contributed by atoms with Crippen LogP contribution in [0.5, 0.6) is 5.75 Å². The molecular weight excluding hydrogens is 321 g/mol. The normalized spacial score (nSPS) is 13.4. The molecule has 5 heteroatoms. The molecule has 0 heterocycles. The largest absolute Gasteiger partial charge is 0.489 e. The second kappa shape index (κ2) is 7.55. The summed E-state index contributed by atoms with van der Waals surface area (Å²) in [7, 11) is 0. The van der Waals surface area contributed by atoms with Gasteiger partial charge in [0, 0.05) is 5.56 Å². The maximum Gasteiger partial charge on any atom is 0.413 e. The van der Waals surface area contributed by atoms with Gasteiger partial charge in [-0.15, -0.1) is 0 Å². The van der Waals surface area contributed by atoms with Gasteiger partial charge in [-0.2, -0.15) is 0 Å². The maximum absolute atomic E-state index is 12.2. The van der Waals surface area contributed by atoms with Crippen LogP contribution in [0.3, 0.4) is 0 Å². The number of hydrogen-bond donors (Lipinski definition) is 1. The molecule has 1 saturated carbocycles. The van der Waals surface area contributed by atoms with Gasteiger partial charge in [-0.1, -0.05) is 29.8 Å². The van der Waals surface area contributed by atoms with Crippen molar-refractivity contribution in [2.75, 3.05) is 12.2 Å². The van der Waals surface area contributed by atoms with Gasteiger partial charge in [0.25, 0.3) is 0 Å². The number of ether oxygens (including phenoxy) is 2. The molecule has 4 nitrogen and oxygen atoms in total. The van der Waals surface area contributed by atoms with E-state index in [1.807, 2.05) is 32.0 Å². The molecule has 1 N–H and O–H groups in total. The number of amides is 1. The Bertz CT molecular complexity index is 772. The highest BCUT2D eigenvalue weighted by Crippen LogP contribution is 2.43. The van der Waals surface area contributed by atoms with E-state index in [2.05, 4.69) is 22.2 Å². The van der Waals surface area contributed by atoms with Gasteiger partial charge in [0.05, 0.1) is 5.69 Å². The van der Waals surface area contributed by atoms with E-state index in [4.69, 9.17) is 4.74 Å². The van der Waals surface area contributed by atoms with Crippen LogP contribution in [0.4, 0.5) is 14.9 Å². The van der Waals surface area contributed by atoms with Crippen molar-refractivity contribution in [1.82, 2.24) is 0 Å². The molecule has 1 fully saturated rings. The minimum absolute atomic E-state index is 0.335. The van der Waals surface area contributed by atoms with Crippen LogP contribution in [0.1, 0.15) is 41.0 Å². The monoisotopic (exact) mass is 343 g/mol. The molecule has 1 amide bonds. The highest BCUT2D eigenvalue weighted by atomic mass is 19.1. The lowest BCUT2D eigenvalue weighted by Crippen LogP contribution is -2.15. The fourth-order valence-corrected chi connectivity index (χ4v) is 2.97. The zero-order chi connectivity index (χ0) is 17.8. The Labute approximate surface area is 147 Å². The molecule has 0 bridgehead atoms. The van der Waals surface area contributed by atoms with Crippen LogP contribution in [-0.2, 0) is 11.3 Å². The minimum atomic E-state index is -1.15. The van der Waals surface area contributed by atoms with Gasteiger partial charge in [0.2, 0.25) is 6.86 Å². The highest BCUT2D eigenvalue weighted by Gasteiger charge is 2.27. The molecule has 0 spiro atoms. The number of benzene rings is 2. The SMILES string of the molecule is Cc1ccc(OCc2c(NC(=O)OCF)cccc2C2CC2)c(C)c1. The van der Waals surface area contributed by atoms with E-state index in [9.17, 15) is 9.18 Å². The average Bonchev–Trinajstić information content (AvgIpc) is 3.40. The third kappa shape index (κ3) is 4.29. The first-order valence-corrected chi connectivity index (χ1v) is 8.40. The van der Waals surface area contributed by atoms with Crippen molar-refractivity contribution in [2.24, 2.45) is 0 Å². The Hall–Kier alpha value is -2.56. The molecule has 1 aliphatic carbocycles. The van der Waals surface area contributed by atoms with Crippen LogP contribution in [0.15, 0.2) is 36.4 Å². The van der Waals surface area contributed by atoms with Gasteiger partial charge in [-0.3, -0.25) is 5.32 Å². The lowest BCUT2D eigenvalue weighted by atomic mass is 10.0. The van der Waals surface area contributed by atoms with Gasteiger partial charge >= 0.3 is 6.09 Å². The smallest absolute Gasteiger partial charge is 0.413 e. The van der Waals surface area contributed by atoms with Crippen molar-refractivity contribution < 1.29 is 18.7 Å². The minimum Gasteiger partial charge on any atom is -0.489 e. The predicted octanol–water partition coefficient (Wildman–Crippen LogP) is 5.24. The molecule has 2 aromatic carbocycles. The molecule has 0 saturated heterocycles. The van der Waals surface area contributed by atoms with E-state index in [1.54, 1.807) is 6.07 Å². The Balaban J connectivity index is 1.83. The van der Waals surface area contributed by atoms with Crippen LogP contribution >= 0.6 is 0 Å². The highest BCUT2D eigenvalue weighted by molar-refractivity contribution is 5.86. The van der Waals surface area contributed by atoms with Gasteiger partial charge in [0.15, 0.2) is 0 Å². The number of rotatable bonds is 6. The summed E-state index contributed by atoms with van der Waals surface area (Å²) < 4.78 is 22.6. The summed E-state index contributed by atoms with van der Waals surface area (Å²) in [5, 5.41) is 2.61. The average molecular weight is 343 g/mol. The van der Waals surface area contributed by atoms with Crippen molar-refractivity contribution in [3.63, 3.8) is 0 Å².